The summed E-state index contributed by atoms with van der Waals surface area (Å²) in [6, 6.07) is 6.00. The molecule has 2 atom stereocenters. The minimum absolute atomic E-state index is 0.145. The Labute approximate surface area is 128 Å². The molecule has 0 aliphatic rings. The summed E-state index contributed by atoms with van der Waals surface area (Å²) in [6.07, 6.45) is 1.00. The van der Waals surface area contributed by atoms with Gasteiger partial charge in [-0.15, -0.1) is 0 Å². The van der Waals surface area contributed by atoms with Crippen molar-refractivity contribution in [2.45, 2.75) is 52.2 Å². The molecule has 3 N–H and O–H groups in total. The van der Waals surface area contributed by atoms with Crippen LogP contribution in [0.2, 0.25) is 0 Å². The fourth-order valence-electron chi connectivity index (χ4n) is 2.27. The van der Waals surface area contributed by atoms with Crippen molar-refractivity contribution >= 4 is 0 Å². The topological polar surface area (TPSA) is 61.7 Å². The van der Waals surface area contributed by atoms with Gasteiger partial charge < -0.3 is 20.3 Å². The van der Waals surface area contributed by atoms with Crippen LogP contribution >= 0.6 is 0 Å². The van der Waals surface area contributed by atoms with Crippen molar-refractivity contribution in [3.8, 4) is 5.75 Å². The Kier molecular flexibility index (Phi) is 7.15. The van der Waals surface area contributed by atoms with E-state index < -0.39 is 6.10 Å². The maximum absolute atomic E-state index is 10.1. The molecule has 0 bridgehead atoms. The number of aliphatic hydroxyl groups excluding tert-OH is 2. The van der Waals surface area contributed by atoms with E-state index in [0.29, 0.717) is 13.0 Å². The van der Waals surface area contributed by atoms with Gasteiger partial charge in [0.15, 0.2) is 0 Å². The van der Waals surface area contributed by atoms with Gasteiger partial charge in [0.2, 0.25) is 0 Å². The SMILES string of the molecule is CCC(C)(CCO)NCC(O)COc1c(C)cccc1C. The third-order valence-electron chi connectivity index (χ3n) is 4.04. The van der Waals surface area contributed by atoms with Crippen LogP contribution in [0.3, 0.4) is 0 Å². The number of hydrogen-bond donors (Lipinski definition) is 3. The first-order valence-corrected chi connectivity index (χ1v) is 7.65. The molecule has 0 aliphatic carbocycles. The van der Waals surface area contributed by atoms with Crippen molar-refractivity contribution in [1.82, 2.24) is 5.32 Å². The van der Waals surface area contributed by atoms with E-state index in [1.807, 2.05) is 32.0 Å². The lowest BCUT2D eigenvalue weighted by molar-refractivity contribution is 0.0928. The Bertz CT molecular complexity index is 416. The third kappa shape index (κ3) is 5.65. The summed E-state index contributed by atoms with van der Waals surface area (Å²) in [5, 5.41) is 22.5. The van der Waals surface area contributed by atoms with Crippen molar-refractivity contribution in [1.29, 1.82) is 0 Å². The van der Waals surface area contributed by atoms with Gasteiger partial charge in [-0.25, -0.2) is 0 Å². The van der Waals surface area contributed by atoms with E-state index >= 15 is 0 Å². The Balaban J connectivity index is 2.46. The minimum atomic E-state index is -0.575. The Hall–Kier alpha value is -1.10. The Morgan fingerprint density at radius 2 is 1.90 bits per heavy atom. The number of aliphatic hydroxyl groups is 2. The second-order valence-electron chi connectivity index (χ2n) is 5.95. The second kappa shape index (κ2) is 8.37. The molecule has 0 radical (unpaired) electrons. The molecular formula is C17H29NO3. The highest BCUT2D eigenvalue weighted by Gasteiger charge is 2.21. The van der Waals surface area contributed by atoms with Gasteiger partial charge in [-0.05, 0) is 44.7 Å². The number of para-hydroxylation sites is 1. The summed E-state index contributed by atoms with van der Waals surface area (Å²) in [5.74, 6) is 0.852. The first kappa shape index (κ1) is 18.0. The number of aryl methyl sites for hydroxylation is 2. The number of β-amino-alcohol motifs (C(OH)–C–C–N with tert-alkyl or cyclic N) is 1. The zero-order valence-electron chi connectivity index (χ0n) is 13.6. The van der Waals surface area contributed by atoms with Crippen molar-refractivity contribution < 1.29 is 14.9 Å². The van der Waals surface area contributed by atoms with E-state index in [2.05, 4.69) is 19.2 Å². The average molecular weight is 295 g/mol. The smallest absolute Gasteiger partial charge is 0.125 e. The molecule has 120 valence electrons. The van der Waals surface area contributed by atoms with Gasteiger partial charge in [0, 0.05) is 18.7 Å². The third-order valence-corrected chi connectivity index (χ3v) is 4.04. The summed E-state index contributed by atoms with van der Waals surface area (Å²) in [5.41, 5.74) is 2.01. The van der Waals surface area contributed by atoms with E-state index in [4.69, 9.17) is 9.84 Å². The van der Waals surface area contributed by atoms with Gasteiger partial charge in [0.05, 0.1) is 0 Å². The minimum Gasteiger partial charge on any atom is -0.490 e. The van der Waals surface area contributed by atoms with E-state index in [9.17, 15) is 5.11 Å². The zero-order chi connectivity index (χ0) is 15.9. The highest BCUT2D eigenvalue weighted by Crippen LogP contribution is 2.22. The molecule has 1 rings (SSSR count). The average Bonchev–Trinajstić information content (AvgIpc) is 2.45. The van der Waals surface area contributed by atoms with E-state index in [-0.39, 0.29) is 18.8 Å². The van der Waals surface area contributed by atoms with Crippen LogP contribution in [0.1, 0.15) is 37.8 Å². The molecule has 1 aromatic rings. The lowest BCUT2D eigenvalue weighted by Crippen LogP contribution is -2.47. The van der Waals surface area contributed by atoms with Crippen molar-refractivity contribution in [2.75, 3.05) is 19.8 Å². The van der Waals surface area contributed by atoms with Gasteiger partial charge in [0.1, 0.15) is 18.5 Å². The van der Waals surface area contributed by atoms with Gasteiger partial charge in [-0.2, -0.15) is 0 Å². The fraction of sp³-hybridized carbons (Fsp3) is 0.647. The standard InChI is InChI=1S/C17H29NO3/c1-5-17(4,9-10-19)18-11-15(20)12-21-16-13(2)7-6-8-14(16)3/h6-8,15,18-20H,5,9-12H2,1-4H3. The van der Waals surface area contributed by atoms with Crippen LogP contribution < -0.4 is 10.1 Å². The second-order valence-corrected chi connectivity index (χ2v) is 5.95. The number of benzene rings is 1. The predicted molar refractivity (Wildman–Crippen MR) is 85.8 cm³/mol. The first-order valence-electron chi connectivity index (χ1n) is 7.65. The van der Waals surface area contributed by atoms with Gasteiger partial charge >= 0.3 is 0 Å². The molecular weight excluding hydrogens is 266 g/mol. The van der Waals surface area contributed by atoms with Crippen LogP contribution in [-0.2, 0) is 0 Å². The molecule has 0 spiro atoms. The van der Waals surface area contributed by atoms with Crippen LogP contribution in [-0.4, -0.2) is 41.6 Å². The van der Waals surface area contributed by atoms with E-state index in [1.54, 1.807) is 0 Å². The van der Waals surface area contributed by atoms with Gasteiger partial charge in [-0.1, -0.05) is 25.1 Å². The number of rotatable bonds is 9. The number of ether oxygens (including phenoxy) is 1. The normalized spacial score (nSPS) is 15.5. The monoisotopic (exact) mass is 295 g/mol. The number of nitrogens with one attached hydrogen (secondary N) is 1. The van der Waals surface area contributed by atoms with E-state index in [1.165, 1.54) is 0 Å². The van der Waals surface area contributed by atoms with Crippen LogP contribution in [0.4, 0.5) is 0 Å². The molecule has 0 amide bonds. The van der Waals surface area contributed by atoms with Crippen LogP contribution in [0.15, 0.2) is 18.2 Å². The predicted octanol–water partition coefficient (Wildman–Crippen LogP) is 2.18. The molecule has 0 saturated carbocycles. The van der Waals surface area contributed by atoms with Gasteiger partial charge in [-0.3, -0.25) is 0 Å². The fourth-order valence-corrected chi connectivity index (χ4v) is 2.27. The molecule has 0 aromatic heterocycles. The van der Waals surface area contributed by atoms with Crippen molar-refractivity contribution in [2.24, 2.45) is 0 Å². The molecule has 4 heteroatoms. The Morgan fingerprint density at radius 1 is 1.29 bits per heavy atom. The largest absolute Gasteiger partial charge is 0.490 e. The lowest BCUT2D eigenvalue weighted by Gasteiger charge is -2.30. The molecule has 0 aliphatic heterocycles. The zero-order valence-corrected chi connectivity index (χ0v) is 13.6. The summed E-state index contributed by atoms with van der Waals surface area (Å²) in [7, 11) is 0. The molecule has 1 aromatic carbocycles. The quantitative estimate of drug-likeness (QED) is 0.653. The molecule has 4 nitrogen and oxygen atoms in total. The van der Waals surface area contributed by atoms with E-state index in [0.717, 1.165) is 23.3 Å². The molecule has 21 heavy (non-hydrogen) atoms. The highest BCUT2D eigenvalue weighted by atomic mass is 16.5. The lowest BCUT2D eigenvalue weighted by atomic mass is 9.95. The summed E-state index contributed by atoms with van der Waals surface area (Å²) in [6.45, 7) is 8.99. The highest BCUT2D eigenvalue weighted by molar-refractivity contribution is 5.39. The Morgan fingerprint density at radius 3 is 2.43 bits per heavy atom. The van der Waals surface area contributed by atoms with Crippen molar-refractivity contribution in [3.05, 3.63) is 29.3 Å². The summed E-state index contributed by atoms with van der Waals surface area (Å²) >= 11 is 0. The summed E-state index contributed by atoms with van der Waals surface area (Å²) < 4.78 is 5.75. The maximum atomic E-state index is 10.1. The van der Waals surface area contributed by atoms with Crippen molar-refractivity contribution in [3.63, 3.8) is 0 Å². The summed E-state index contributed by atoms with van der Waals surface area (Å²) in [4.78, 5) is 0. The molecule has 0 fully saturated rings. The van der Waals surface area contributed by atoms with Crippen LogP contribution in [0.25, 0.3) is 0 Å². The van der Waals surface area contributed by atoms with Gasteiger partial charge in [0.25, 0.3) is 0 Å². The maximum Gasteiger partial charge on any atom is 0.125 e. The molecule has 0 saturated heterocycles. The van der Waals surface area contributed by atoms with Crippen LogP contribution in [0, 0.1) is 13.8 Å². The molecule has 2 unspecified atom stereocenters. The van der Waals surface area contributed by atoms with Crippen LogP contribution in [0.5, 0.6) is 5.75 Å². The number of hydrogen-bond acceptors (Lipinski definition) is 4. The first-order chi connectivity index (χ1) is 9.91. The molecule has 0 heterocycles.